The number of anilines is 1. The van der Waals surface area contributed by atoms with Crippen molar-refractivity contribution < 1.29 is 19.4 Å². The van der Waals surface area contributed by atoms with E-state index in [2.05, 4.69) is 27.2 Å². The minimum Gasteiger partial charge on any atom is -0.478 e. The Kier molecular flexibility index (Phi) is 6.84. The van der Waals surface area contributed by atoms with Crippen LogP contribution in [0, 0.1) is 6.92 Å². The number of urea groups is 1. The summed E-state index contributed by atoms with van der Waals surface area (Å²) in [7, 11) is 0. The number of carboxylic acids is 1. The summed E-state index contributed by atoms with van der Waals surface area (Å²) < 4.78 is 9.30. The molecular weight excluding hydrogens is 500 g/mol. The number of fused-ring (bicyclic) bond motifs is 1. The summed E-state index contributed by atoms with van der Waals surface area (Å²) in [6.45, 7) is 10.9. The van der Waals surface area contributed by atoms with Crippen molar-refractivity contribution in [3.8, 4) is 11.7 Å². The van der Waals surface area contributed by atoms with Crippen LogP contribution in [0.1, 0.15) is 52.5 Å². The number of nitrogens with one attached hydrogen (secondary N) is 1. The Morgan fingerprint density at radius 2 is 1.90 bits per heavy atom. The summed E-state index contributed by atoms with van der Waals surface area (Å²) in [6, 6.07) is 11.0. The lowest BCUT2D eigenvalue weighted by molar-refractivity contribution is 0.0695. The molecule has 2 amide bonds. The molecule has 0 unspecified atom stereocenters. The highest BCUT2D eigenvalue weighted by Gasteiger charge is 2.32. The van der Waals surface area contributed by atoms with Crippen LogP contribution in [-0.4, -0.2) is 46.6 Å². The Morgan fingerprint density at radius 1 is 1.13 bits per heavy atom. The van der Waals surface area contributed by atoms with Gasteiger partial charge in [0.15, 0.2) is 11.6 Å². The smallest absolute Gasteiger partial charge is 0.339 e. The summed E-state index contributed by atoms with van der Waals surface area (Å²) in [5.74, 6) is 0.718. The van der Waals surface area contributed by atoms with Gasteiger partial charge >= 0.3 is 12.0 Å². The number of aromatic nitrogens is 6. The van der Waals surface area contributed by atoms with Crippen LogP contribution in [0.3, 0.4) is 0 Å². The van der Waals surface area contributed by atoms with E-state index < -0.39 is 5.97 Å². The summed E-state index contributed by atoms with van der Waals surface area (Å²) in [5.41, 5.74) is 3.98. The molecule has 3 aromatic heterocycles. The molecule has 12 nitrogen and oxygen atoms in total. The zero-order valence-corrected chi connectivity index (χ0v) is 21.9. The molecule has 2 N–H and O–H groups in total. The van der Waals surface area contributed by atoms with Gasteiger partial charge in [0.1, 0.15) is 23.7 Å². The standard InChI is InChI=1S/C27H28N8O4/c1-5-20-19(26(36)37)13-28-35(20)21-11-12-23(32-31-21)39-15-22-30-25-24(33(22)6-2)17(4)29-27(38)34(25)14-18-9-7-16(3)8-10-18/h7-13H,4-6,14-15H2,1-3H3,(H,29,38)(H,36,37). The molecular formula is C27H28N8O4. The van der Waals surface area contributed by atoms with Crippen LogP contribution < -0.4 is 15.0 Å². The second-order valence-corrected chi connectivity index (χ2v) is 9.02. The van der Waals surface area contributed by atoms with Gasteiger partial charge in [-0.15, -0.1) is 10.2 Å². The van der Waals surface area contributed by atoms with Gasteiger partial charge < -0.3 is 19.7 Å². The fourth-order valence-corrected chi connectivity index (χ4v) is 4.53. The predicted octanol–water partition coefficient (Wildman–Crippen LogP) is 3.73. The Labute approximate surface area is 224 Å². The highest BCUT2D eigenvalue weighted by Crippen LogP contribution is 2.32. The molecule has 1 aliphatic heterocycles. The Hall–Kier alpha value is -5.00. The van der Waals surface area contributed by atoms with Crippen LogP contribution in [0.15, 0.2) is 49.2 Å². The molecule has 39 heavy (non-hydrogen) atoms. The molecule has 200 valence electrons. The van der Waals surface area contributed by atoms with Gasteiger partial charge in [0.25, 0.3) is 0 Å². The van der Waals surface area contributed by atoms with E-state index in [1.54, 1.807) is 17.0 Å². The number of benzene rings is 1. The van der Waals surface area contributed by atoms with E-state index in [1.807, 2.05) is 49.6 Å². The van der Waals surface area contributed by atoms with Crippen molar-refractivity contribution in [1.82, 2.24) is 34.8 Å². The first-order valence-corrected chi connectivity index (χ1v) is 12.5. The Balaban J connectivity index is 1.37. The zero-order chi connectivity index (χ0) is 27.7. The van der Waals surface area contributed by atoms with E-state index in [4.69, 9.17) is 9.72 Å². The first-order chi connectivity index (χ1) is 18.8. The maximum absolute atomic E-state index is 12.9. The predicted molar refractivity (Wildman–Crippen MR) is 143 cm³/mol. The number of aryl methyl sites for hydroxylation is 1. The number of hydrogen-bond acceptors (Lipinski definition) is 7. The van der Waals surface area contributed by atoms with E-state index in [-0.39, 0.29) is 24.1 Å². The number of carbonyl (C=O) groups is 2. The fourth-order valence-electron chi connectivity index (χ4n) is 4.53. The molecule has 0 spiro atoms. The first kappa shape index (κ1) is 25.6. The molecule has 0 saturated carbocycles. The molecule has 4 aromatic rings. The van der Waals surface area contributed by atoms with Crippen molar-refractivity contribution >= 4 is 23.5 Å². The lowest BCUT2D eigenvalue weighted by Crippen LogP contribution is -2.43. The number of rotatable bonds is 9. The fraction of sp³-hybridized carbons (Fsp3) is 0.259. The zero-order valence-electron chi connectivity index (χ0n) is 21.9. The second-order valence-electron chi connectivity index (χ2n) is 9.02. The van der Waals surface area contributed by atoms with Gasteiger partial charge in [-0.2, -0.15) is 5.10 Å². The normalized spacial score (nSPS) is 12.8. The van der Waals surface area contributed by atoms with Crippen molar-refractivity contribution in [2.45, 2.75) is 46.9 Å². The van der Waals surface area contributed by atoms with Crippen LogP contribution in [0.2, 0.25) is 0 Å². The minimum atomic E-state index is -1.04. The first-order valence-electron chi connectivity index (χ1n) is 12.5. The maximum atomic E-state index is 12.9. The van der Waals surface area contributed by atoms with Gasteiger partial charge in [0, 0.05) is 12.6 Å². The van der Waals surface area contributed by atoms with Crippen LogP contribution in [0.5, 0.6) is 5.88 Å². The van der Waals surface area contributed by atoms with Gasteiger partial charge in [-0.25, -0.2) is 19.3 Å². The van der Waals surface area contributed by atoms with E-state index in [0.29, 0.717) is 48.4 Å². The summed E-state index contributed by atoms with van der Waals surface area (Å²) in [6.07, 6.45) is 1.77. The Bertz CT molecular complexity index is 1550. The quantitative estimate of drug-likeness (QED) is 0.335. The molecule has 0 radical (unpaired) electrons. The molecule has 1 aliphatic rings. The number of amides is 2. The third-order valence-electron chi connectivity index (χ3n) is 6.48. The van der Waals surface area contributed by atoms with Crippen LogP contribution in [0.25, 0.3) is 11.5 Å². The number of carboxylic acid groups (broad SMARTS) is 1. The highest BCUT2D eigenvalue weighted by molar-refractivity contribution is 6.02. The molecule has 4 heterocycles. The number of imidazole rings is 1. The molecule has 5 rings (SSSR count). The van der Waals surface area contributed by atoms with Crippen LogP contribution >= 0.6 is 0 Å². The van der Waals surface area contributed by atoms with Gasteiger partial charge in [-0.1, -0.05) is 43.3 Å². The maximum Gasteiger partial charge on any atom is 0.339 e. The van der Waals surface area contributed by atoms with Crippen molar-refractivity contribution in [3.63, 3.8) is 0 Å². The average Bonchev–Trinajstić information content (AvgIpc) is 3.53. The highest BCUT2D eigenvalue weighted by atomic mass is 16.5. The summed E-state index contributed by atoms with van der Waals surface area (Å²) in [5, 5.41) is 24.7. The largest absolute Gasteiger partial charge is 0.478 e. The van der Waals surface area contributed by atoms with E-state index in [9.17, 15) is 14.7 Å². The third-order valence-corrected chi connectivity index (χ3v) is 6.48. The molecule has 0 aliphatic carbocycles. The third kappa shape index (κ3) is 4.83. The van der Waals surface area contributed by atoms with Gasteiger partial charge in [0.2, 0.25) is 5.88 Å². The summed E-state index contributed by atoms with van der Waals surface area (Å²) in [4.78, 5) is 30.7. The van der Waals surface area contributed by atoms with Crippen LogP contribution in [0.4, 0.5) is 10.6 Å². The van der Waals surface area contributed by atoms with E-state index in [0.717, 1.165) is 16.8 Å². The second kappa shape index (κ2) is 10.4. The average molecular weight is 529 g/mol. The minimum absolute atomic E-state index is 0.0832. The lowest BCUT2D eigenvalue weighted by Gasteiger charge is -2.28. The molecule has 0 saturated heterocycles. The monoisotopic (exact) mass is 528 g/mol. The van der Waals surface area contributed by atoms with Crippen LogP contribution in [-0.2, 0) is 26.1 Å². The molecule has 1 aromatic carbocycles. The summed E-state index contributed by atoms with van der Waals surface area (Å²) >= 11 is 0. The van der Waals surface area contributed by atoms with Gasteiger partial charge in [0.05, 0.1) is 24.1 Å². The number of ether oxygens (including phenoxy) is 1. The number of hydrogen-bond donors (Lipinski definition) is 2. The Morgan fingerprint density at radius 3 is 2.54 bits per heavy atom. The molecule has 0 atom stereocenters. The topological polar surface area (TPSA) is 140 Å². The molecule has 0 fully saturated rings. The van der Waals surface area contributed by atoms with E-state index >= 15 is 0 Å². The number of aromatic carboxylic acids is 1. The molecule has 12 heteroatoms. The van der Waals surface area contributed by atoms with Crippen molar-refractivity contribution in [2.24, 2.45) is 0 Å². The molecule has 0 bridgehead atoms. The SMILES string of the molecule is C=C1NC(=O)N(Cc2ccc(C)cc2)c2nc(COc3ccc(-n4ncc(C(=O)O)c4CC)nn3)n(CC)c21. The number of nitrogens with zero attached hydrogens (tertiary/aromatic N) is 7. The van der Waals surface area contributed by atoms with E-state index in [1.165, 1.54) is 10.9 Å². The lowest BCUT2D eigenvalue weighted by atomic mass is 10.1. The van der Waals surface area contributed by atoms with Crippen molar-refractivity contribution in [3.05, 3.63) is 83.1 Å². The number of carbonyl (C=O) groups excluding carboxylic acids is 1. The van der Waals surface area contributed by atoms with Crippen molar-refractivity contribution in [2.75, 3.05) is 4.90 Å². The van der Waals surface area contributed by atoms with Crippen molar-refractivity contribution in [1.29, 1.82) is 0 Å². The van der Waals surface area contributed by atoms with Gasteiger partial charge in [-0.05, 0) is 31.9 Å². The van der Waals surface area contributed by atoms with Gasteiger partial charge in [-0.3, -0.25) is 4.90 Å².